The first-order chi connectivity index (χ1) is 16.0. The molecule has 0 aliphatic carbocycles. The van der Waals surface area contributed by atoms with E-state index < -0.39 is 16.7 Å². The highest BCUT2D eigenvalue weighted by molar-refractivity contribution is 6.50. The van der Waals surface area contributed by atoms with Gasteiger partial charge in [-0.1, -0.05) is 30.3 Å². The van der Waals surface area contributed by atoms with Crippen LogP contribution in [0.3, 0.4) is 0 Å². The van der Waals surface area contributed by atoms with E-state index in [2.05, 4.69) is 15.6 Å². The summed E-state index contributed by atoms with van der Waals surface area (Å²) in [5, 5.41) is 18.6. The van der Waals surface area contributed by atoms with E-state index in [0.29, 0.717) is 28.6 Å². The van der Waals surface area contributed by atoms with Gasteiger partial charge in [0.1, 0.15) is 5.52 Å². The van der Waals surface area contributed by atoms with Crippen molar-refractivity contribution >= 4 is 50.5 Å². The van der Waals surface area contributed by atoms with E-state index >= 15 is 0 Å². The van der Waals surface area contributed by atoms with Crippen LogP contribution in [0.1, 0.15) is 17.5 Å². The fourth-order valence-corrected chi connectivity index (χ4v) is 4.54. The summed E-state index contributed by atoms with van der Waals surface area (Å²) in [4.78, 5) is 40.4. The van der Waals surface area contributed by atoms with E-state index in [-0.39, 0.29) is 16.8 Å². The molecule has 0 radical (unpaired) electrons. The molecule has 166 valence electrons. The van der Waals surface area contributed by atoms with Gasteiger partial charge >= 0.3 is 0 Å². The standard InChI is InChI=1S/C24H21N5O4/c1-25-10-5-11-28-13-17(15-7-4-9-19(22(15)28)29(32)33)21-20(23(30)27-24(21)31)16-12-26-18-8-3-2-6-14(16)18/h2-4,6-9,12-13,25-26H,5,10-11H2,1H3,(H,27,30,31). The molecule has 0 unspecified atom stereocenters. The predicted molar refractivity (Wildman–Crippen MR) is 125 cm³/mol. The summed E-state index contributed by atoms with van der Waals surface area (Å²) in [6, 6.07) is 12.3. The van der Waals surface area contributed by atoms with Crippen LogP contribution < -0.4 is 10.6 Å². The lowest BCUT2D eigenvalue weighted by atomic mass is 9.95. The quantitative estimate of drug-likeness (QED) is 0.175. The summed E-state index contributed by atoms with van der Waals surface area (Å²) in [6.07, 6.45) is 4.20. The van der Waals surface area contributed by atoms with E-state index in [9.17, 15) is 19.7 Å². The molecule has 0 saturated heterocycles. The van der Waals surface area contributed by atoms with Crippen LogP contribution in [0.5, 0.6) is 0 Å². The molecule has 0 fully saturated rings. The molecule has 4 aromatic rings. The first kappa shape index (κ1) is 20.7. The molecule has 0 spiro atoms. The van der Waals surface area contributed by atoms with Gasteiger partial charge in [0, 0.05) is 52.4 Å². The van der Waals surface area contributed by atoms with Gasteiger partial charge in [0.25, 0.3) is 17.5 Å². The highest BCUT2D eigenvalue weighted by atomic mass is 16.6. The molecule has 0 atom stereocenters. The Balaban J connectivity index is 1.79. The van der Waals surface area contributed by atoms with Crippen molar-refractivity contribution < 1.29 is 14.5 Å². The smallest absolute Gasteiger partial charge is 0.293 e. The molecule has 2 aromatic heterocycles. The zero-order chi connectivity index (χ0) is 23.1. The number of nitrogens with zero attached hydrogens (tertiary/aromatic N) is 2. The van der Waals surface area contributed by atoms with Crippen molar-refractivity contribution in [1.29, 1.82) is 0 Å². The molecule has 3 heterocycles. The van der Waals surface area contributed by atoms with Gasteiger partial charge < -0.3 is 14.9 Å². The molecule has 33 heavy (non-hydrogen) atoms. The highest BCUT2D eigenvalue weighted by Crippen LogP contribution is 2.40. The Morgan fingerprint density at radius 3 is 2.48 bits per heavy atom. The van der Waals surface area contributed by atoms with Crippen molar-refractivity contribution in [1.82, 2.24) is 20.2 Å². The topological polar surface area (TPSA) is 122 Å². The molecular formula is C24H21N5O4. The number of non-ortho nitro benzene ring substituents is 1. The van der Waals surface area contributed by atoms with Gasteiger partial charge in [0.2, 0.25) is 0 Å². The Hall–Kier alpha value is -4.24. The van der Waals surface area contributed by atoms with Crippen LogP contribution in [0.4, 0.5) is 5.69 Å². The second-order valence-electron chi connectivity index (χ2n) is 7.90. The maximum absolute atomic E-state index is 13.0. The minimum atomic E-state index is -0.513. The number of fused-ring (bicyclic) bond motifs is 2. The third-order valence-corrected chi connectivity index (χ3v) is 5.96. The zero-order valence-electron chi connectivity index (χ0n) is 17.8. The lowest BCUT2D eigenvalue weighted by molar-refractivity contribution is -0.383. The molecule has 1 aliphatic rings. The molecular weight excluding hydrogens is 422 g/mol. The number of carbonyl (C=O) groups is 2. The average molecular weight is 443 g/mol. The third-order valence-electron chi connectivity index (χ3n) is 5.96. The number of benzene rings is 2. The van der Waals surface area contributed by atoms with E-state index in [1.54, 1.807) is 29.1 Å². The Morgan fingerprint density at radius 2 is 1.73 bits per heavy atom. The van der Waals surface area contributed by atoms with Gasteiger partial charge in [-0.25, -0.2) is 0 Å². The largest absolute Gasteiger partial charge is 0.361 e. The molecule has 9 nitrogen and oxygen atoms in total. The highest BCUT2D eigenvalue weighted by Gasteiger charge is 2.35. The minimum absolute atomic E-state index is 0.0396. The van der Waals surface area contributed by atoms with Crippen LogP contribution in [0.25, 0.3) is 33.0 Å². The summed E-state index contributed by atoms with van der Waals surface area (Å²) in [7, 11) is 1.84. The number of hydrogen-bond donors (Lipinski definition) is 3. The fourth-order valence-electron chi connectivity index (χ4n) is 4.54. The van der Waals surface area contributed by atoms with Crippen molar-refractivity contribution in [2.24, 2.45) is 0 Å². The van der Waals surface area contributed by atoms with Crippen molar-refractivity contribution in [2.75, 3.05) is 13.6 Å². The second-order valence-corrected chi connectivity index (χ2v) is 7.90. The summed E-state index contributed by atoms with van der Waals surface area (Å²) in [5.41, 5.74) is 2.85. The van der Waals surface area contributed by atoms with Crippen molar-refractivity contribution in [3.8, 4) is 0 Å². The summed E-state index contributed by atoms with van der Waals surface area (Å²) < 4.78 is 1.80. The number of nitro groups is 1. The van der Waals surface area contributed by atoms with Crippen molar-refractivity contribution in [3.05, 3.63) is 76.1 Å². The first-order valence-corrected chi connectivity index (χ1v) is 10.6. The number of carbonyl (C=O) groups excluding carboxylic acids is 2. The van der Waals surface area contributed by atoms with Crippen molar-refractivity contribution in [3.63, 3.8) is 0 Å². The van der Waals surface area contributed by atoms with E-state index in [1.165, 1.54) is 6.07 Å². The van der Waals surface area contributed by atoms with Gasteiger partial charge in [0.15, 0.2) is 0 Å². The Labute approximate surface area is 188 Å². The molecule has 5 rings (SSSR count). The van der Waals surface area contributed by atoms with Crippen LogP contribution in [-0.2, 0) is 16.1 Å². The van der Waals surface area contributed by atoms with E-state index in [0.717, 1.165) is 23.9 Å². The average Bonchev–Trinajstić information content (AvgIpc) is 3.46. The molecule has 9 heteroatoms. The lowest BCUT2D eigenvalue weighted by Gasteiger charge is -2.05. The van der Waals surface area contributed by atoms with Crippen molar-refractivity contribution in [2.45, 2.75) is 13.0 Å². The number of amides is 2. The van der Waals surface area contributed by atoms with Gasteiger partial charge in [-0.15, -0.1) is 0 Å². The third kappa shape index (κ3) is 3.30. The summed E-state index contributed by atoms with van der Waals surface area (Å²) in [5.74, 6) is -0.998. The number of H-pyrrole nitrogens is 1. The number of hydrogen-bond acceptors (Lipinski definition) is 5. The van der Waals surface area contributed by atoms with E-state index in [4.69, 9.17) is 0 Å². The Bertz CT molecular complexity index is 1480. The Morgan fingerprint density at radius 1 is 1.00 bits per heavy atom. The number of aromatic nitrogens is 2. The number of aryl methyl sites for hydroxylation is 1. The molecule has 0 saturated carbocycles. The predicted octanol–water partition coefficient (Wildman–Crippen LogP) is 3.21. The van der Waals surface area contributed by atoms with Crippen LogP contribution in [0.2, 0.25) is 0 Å². The Kier molecular flexibility index (Phi) is 5.02. The number of nitrogens with one attached hydrogen (secondary N) is 3. The number of imide groups is 1. The number of para-hydroxylation sites is 2. The maximum atomic E-state index is 13.0. The maximum Gasteiger partial charge on any atom is 0.293 e. The number of rotatable bonds is 7. The monoisotopic (exact) mass is 443 g/mol. The van der Waals surface area contributed by atoms with Gasteiger partial charge in [-0.05, 0) is 26.1 Å². The van der Waals surface area contributed by atoms with Gasteiger partial charge in [-0.2, -0.15) is 0 Å². The zero-order valence-corrected chi connectivity index (χ0v) is 17.8. The van der Waals surface area contributed by atoms with Gasteiger partial charge in [0.05, 0.1) is 16.1 Å². The van der Waals surface area contributed by atoms with Gasteiger partial charge in [-0.3, -0.25) is 25.0 Å². The number of nitro benzene ring substituents is 1. The number of aromatic amines is 1. The second kappa shape index (κ2) is 8.03. The van der Waals surface area contributed by atoms with Crippen LogP contribution in [-0.4, -0.2) is 39.9 Å². The first-order valence-electron chi connectivity index (χ1n) is 10.6. The lowest BCUT2D eigenvalue weighted by Crippen LogP contribution is -2.22. The fraction of sp³-hybridized carbons (Fsp3) is 0.167. The normalized spacial score (nSPS) is 14.0. The van der Waals surface area contributed by atoms with Crippen LogP contribution in [0, 0.1) is 10.1 Å². The van der Waals surface area contributed by atoms with E-state index in [1.807, 2.05) is 31.3 Å². The molecule has 3 N–H and O–H groups in total. The minimum Gasteiger partial charge on any atom is -0.361 e. The SMILES string of the molecule is CNCCCn1cc(C2=C(c3c[nH]c4ccccc34)C(=O)NC2=O)c2cccc([N+](=O)[O-])c21. The van der Waals surface area contributed by atoms with Crippen LogP contribution >= 0.6 is 0 Å². The molecule has 0 bridgehead atoms. The summed E-state index contributed by atoms with van der Waals surface area (Å²) >= 11 is 0. The summed E-state index contributed by atoms with van der Waals surface area (Å²) in [6.45, 7) is 1.26. The molecule has 1 aliphatic heterocycles. The van der Waals surface area contributed by atoms with Crippen LogP contribution in [0.15, 0.2) is 54.9 Å². The molecule has 2 aromatic carbocycles. The molecule has 2 amide bonds.